The van der Waals surface area contributed by atoms with Crippen LogP contribution in [0, 0.1) is 17.7 Å². The summed E-state index contributed by atoms with van der Waals surface area (Å²) in [5.41, 5.74) is 24.0. The van der Waals surface area contributed by atoms with E-state index in [-0.39, 0.29) is 17.1 Å². The summed E-state index contributed by atoms with van der Waals surface area (Å²) >= 11 is 0. The molecule has 0 spiro atoms. The molecule has 0 unspecified atom stereocenters. The van der Waals surface area contributed by atoms with Gasteiger partial charge in [0.05, 0.1) is 16.8 Å². The molecule has 0 saturated carbocycles. The number of halogens is 1. The van der Waals surface area contributed by atoms with E-state index in [1.165, 1.54) is 18.3 Å². The second kappa shape index (κ2) is 8.51. The van der Waals surface area contributed by atoms with Crippen LogP contribution in [0.5, 0.6) is 0 Å². The highest BCUT2D eigenvalue weighted by molar-refractivity contribution is 6.17. The molecule has 1 aromatic heterocycles. The van der Waals surface area contributed by atoms with E-state index in [2.05, 4.69) is 28.4 Å². The van der Waals surface area contributed by atoms with Crippen LogP contribution in [0.4, 0.5) is 10.2 Å². The van der Waals surface area contributed by atoms with Crippen molar-refractivity contribution in [2.45, 2.75) is 6.92 Å². The van der Waals surface area contributed by atoms with Gasteiger partial charge in [0.25, 0.3) is 5.91 Å². The molecule has 7 nitrogen and oxygen atoms in total. The third kappa shape index (κ3) is 4.95. The maximum Gasteiger partial charge on any atom is 0.251 e. The lowest BCUT2D eigenvalue weighted by atomic mass is 9.98. The summed E-state index contributed by atoms with van der Waals surface area (Å²) in [5.74, 6) is 4.49. The van der Waals surface area contributed by atoms with E-state index in [1.807, 2.05) is 0 Å². The predicted molar refractivity (Wildman–Crippen MR) is 107 cm³/mol. The quantitative estimate of drug-likeness (QED) is 0.469. The number of benzene rings is 1. The van der Waals surface area contributed by atoms with Gasteiger partial charge in [-0.25, -0.2) is 14.4 Å². The fraction of sp³-hybridized carbons (Fsp3) is 0.0500. The Morgan fingerprint density at radius 3 is 2.46 bits per heavy atom. The molecule has 0 bridgehead atoms. The minimum Gasteiger partial charge on any atom is -0.401 e. The highest BCUT2D eigenvalue weighted by Gasteiger charge is 2.16. The monoisotopic (exact) mass is 378 g/mol. The molecule has 0 aliphatic heterocycles. The summed E-state index contributed by atoms with van der Waals surface area (Å²) < 4.78 is 13.8. The molecule has 0 aliphatic carbocycles. The number of rotatable bonds is 4. The number of pyridine rings is 1. The molecule has 1 aromatic carbocycles. The van der Waals surface area contributed by atoms with Crippen LogP contribution in [0.25, 0.3) is 0 Å². The average molecular weight is 378 g/mol. The van der Waals surface area contributed by atoms with Crippen molar-refractivity contribution in [1.29, 1.82) is 0 Å². The smallest absolute Gasteiger partial charge is 0.251 e. The number of nitrogens with two attached hydrogens (primary N) is 4. The number of hydrogen-bond acceptors (Lipinski definition) is 6. The van der Waals surface area contributed by atoms with Gasteiger partial charge in [0.2, 0.25) is 0 Å². The third-order valence-electron chi connectivity index (χ3n) is 3.51. The van der Waals surface area contributed by atoms with E-state index in [1.54, 1.807) is 19.1 Å². The van der Waals surface area contributed by atoms with Crippen LogP contribution < -0.4 is 22.9 Å². The second-order valence-corrected chi connectivity index (χ2v) is 5.79. The van der Waals surface area contributed by atoms with Crippen molar-refractivity contribution in [2.75, 3.05) is 5.73 Å². The van der Waals surface area contributed by atoms with Gasteiger partial charge in [-0.05, 0) is 37.3 Å². The highest BCUT2D eigenvalue weighted by Crippen LogP contribution is 2.17. The third-order valence-corrected chi connectivity index (χ3v) is 3.51. The first-order valence-electron chi connectivity index (χ1n) is 8.02. The van der Waals surface area contributed by atoms with Gasteiger partial charge in [0.1, 0.15) is 17.5 Å². The summed E-state index contributed by atoms with van der Waals surface area (Å²) in [6.07, 6.45) is 1.51. The average Bonchev–Trinajstić information content (AvgIpc) is 2.62. The molecule has 8 N–H and O–H groups in total. The number of hydrogen-bond donors (Lipinski definition) is 4. The number of aromatic nitrogens is 1. The van der Waals surface area contributed by atoms with Crippen LogP contribution in [0.2, 0.25) is 0 Å². The fourth-order valence-corrected chi connectivity index (χ4v) is 2.23. The molecular formula is C20H19FN6O. The zero-order valence-electron chi connectivity index (χ0n) is 15.2. The van der Waals surface area contributed by atoms with Crippen molar-refractivity contribution in [2.24, 2.45) is 22.2 Å². The van der Waals surface area contributed by atoms with E-state index in [9.17, 15) is 9.18 Å². The minimum absolute atomic E-state index is 0.0188. The Hall–Kier alpha value is -4.12. The Morgan fingerprint density at radius 2 is 1.93 bits per heavy atom. The molecule has 28 heavy (non-hydrogen) atoms. The van der Waals surface area contributed by atoms with E-state index in [0.717, 1.165) is 6.07 Å². The van der Waals surface area contributed by atoms with Crippen LogP contribution in [0.3, 0.4) is 0 Å². The topological polar surface area (TPSA) is 146 Å². The van der Waals surface area contributed by atoms with Crippen molar-refractivity contribution < 1.29 is 9.18 Å². The number of anilines is 1. The number of amides is 1. The summed E-state index contributed by atoms with van der Waals surface area (Å²) in [6.45, 7) is 5.18. The maximum atomic E-state index is 13.8. The van der Waals surface area contributed by atoms with Crippen LogP contribution in [-0.2, 0) is 0 Å². The number of allylic oxidation sites excluding steroid dienone is 2. The van der Waals surface area contributed by atoms with Crippen LogP contribution in [0.1, 0.15) is 28.4 Å². The molecule has 0 aliphatic rings. The molecule has 0 radical (unpaired) electrons. The van der Waals surface area contributed by atoms with Crippen LogP contribution in [-0.4, -0.2) is 16.6 Å². The molecule has 142 valence electrons. The summed E-state index contributed by atoms with van der Waals surface area (Å²) in [4.78, 5) is 19.6. The number of carbonyl (C=O) groups is 1. The van der Waals surface area contributed by atoms with Gasteiger partial charge in [0.15, 0.2) is 0 Å². The number of nitrogens with zero attached hydrogens (tertiary/aromatic N) is 2. The SMILES string of the molecule is C=C(N)/N=C(\C(C#Cc1ccc(N)nc1)=C(\C)N)c1ccc(F)c(C(N)=O)c1. The number of primary amides is 1. The molecule has 1 amide bonds. The Morgan fingerprint density at radius 1 is 1.21 bits per heavy atom. The van der Waals surface area contributed by atoms with Gasteiger partial charge in [-0.3, -0.25) is 4.79 Å². The van der Waals surface area contributed by atoms with Gasteiger partial charge in [0, 0.05) is 23.0 Å². The summed E-state index contributed by atoms with van der Waals surface area (Å²) in [6, 6.07) is 7.08. The van der Waals surface area contributed by atoms with E-state index in [4.69, 9.17) is 22.9 Å². The summed E-state index contributed by atoms with van der Waals surface area (Å²) in [7, 11) is 0. The zero-order valence-corrected chi connectivity index (χ0v) is 15.2. The summed E-state index contributed by atoms with van der Waals surface area (Å²) in [5, 5.41) is 0. The van der Waals surface area contributed by atoms with Crippen LogP contribution >= 0.6 is 0 Å². The normalized spacial score (nSPS) is 11.9. The molecule has 2 aromatic rings. The van der Waals surface area contributed by atoms with Crippen LogP contribution in [0.15, 0.2) is 65.2 Å². The van der Waals surface area contributed by atoms with E-state index in [0.29, 0.717) is 28.2 Å². The lowest BCUT2D eigenvalue weighted by molar-refractivity contribution is 0.0996. The highest BCUT2D eigenvalue weighted by atomic mass is 19.1. The van der Waals surface area contributed by atoms with E-state index < -0.39 is 11.7 Å². The maximum absolute atomic E-state index is 13.8. The molecule has 2 rings (SSSR count). The second-order valence-electron chi connectivity index (χ2n) is 5.79. The van der Waals surface area contributed by atoms with Crippen molar-refractivity contribution in [1.82, 2.24) is 4.98 Å². The number of carbonyl (C=O) groups excluding carboxylic acids is 1. The Bertz CT molecular complexity index is 1050. The van der Waals surface area contributed by atoms with E-state index >= 15 is 0 Å². The van der Waals surface area contributed by atoms with Crippen molar-refractivity contribution in [3.63, 3.8) is 0 Å². The molecular weight excluding hydrogens is 359 g/mol. The Labute approximate surface area is 161 Å². The van der Waals surface area contributed by atoms with Crippen molar-refractivity contribution in [3.8, 4) is 11.8 Å². The fourth-order valence-electron chi connectivity index (χ4n) is 2.23. The zero-order chi connectivity index (χ0) is 20.8. The molecule has 8 heteroatoms. The standard InChI is InChI=1S/C20H19FN6O/c1-11(22)15(6-3-13-4-8-18(24)26-10-13)19(27-12(2)23)14-5-7-17(21)16(9-14)20(25)28/h4-5,7-10H,2,22-23H2,1H3,(H2,24,26)(H2,25,28)/b15-11-,27-19-. The number of aliphatic imine (C=N–C) groups is 1. The predicted octanol–water partition coefficient (Wildman–Crippen LogP) is 1.41. The largest absolute Gasteiger partial charge is 0.401 e. The van der Waals surface area contributed by atoms with Gasteiger partial charge < -0.3 is 22.9 Å². The van der Waals surface area contributed by atoms with Crippen molar-refractivity contribution in [3.05, 3.63) is 82.7 Å². The molecule has 0 saturated heterocycles. The molecule has 1 heterocycles. The minimum atomic E-state index is -0.917. The van der Waals surface area contributed by atoms with Crippen molar-refractivity contribution >= 4 is 17.4 Å². The van der Waals surface area contributed by atoms with Gasteiger partial charge in [-0.1, -0.05) is 18.4 Å². The number of nitrogen functional groups attached to an aromatic ring is 1. The first-order chi connectivity index (χ1) is 13.2. The van der Waals surface area contributed by atoms with Gasteiger partial charge >= 0.3 is 0 Å². The first-order valence-corrected chi connectivity index (χ1v) is 8.02. The first kappa shape index (κ1) is 20.2. The lowest BCUT2D eigenvalue weighted by Crippen LogP contribution is -2.16. The molecule has 0 fully saturated rings. The van der Waals surface area contributed by atoms with Gasteiger partial charge in [-0.2, -0.15) is 0 Å². The van der Waals surface area contributed by atoms with Gasteiger partial charge in [-0.15, -0.1) is 0 Å². The molecule has 0 atom stereocenters. The lowest BCUT2D eigenvalue weighted by Gasteiger charge is -2.10. The Balaban J connectivity index is 2.62. The Kier molecular flexibility index (Phi) is 6.14.